The number of hydrogen-bond acceptors (Lipinski definition) is 5. The molecule has 0 radical (unpaired) electrons. The van der Waals surface area contributed by atoms with E-state index in [9.17, 15) is 13.2 Å². The summed E-state index contributed by atoms with van der Waals surface area (Å²) < 4.78 is 36.9. The predicted molar refractivity (Wildman–Crippen MR) is 120 cm³/mol. The number of benzene rings is 2. The van der Waals surface area contributed by atoms with Crippen LogP contribution in [0.1, 0.15) is 40.7 Å². The van der Waals surface area contributed by atoms with Crippen LogP contribution in [-0.2, 0) is 22.2 Å². The number of amides is 1. The quantitative estimate of drug-likeness (QED) is 0.567. The zero-order valence-electron chi connectivity index (χ0n) is 18.1. The molecule has 1 N–H and O–H groups in total. The smallest absolute Gasteiger partial charge is 0.251 e. The highest BCUT2D eigenvalue weighted by Gasteiger charge is 2.25. The van der Waals surface area contributed by atoms with E-state index < -0.39 is 10.0 Å². The lowest BCUT2D eigenvalue weighted by Crippen LogP contribution is -2.29. The van der Waals surface area contributed by atoms with Gasteiger partial charge in [-0.3, -0.25) is 4.79 Å². The lowest BCUT2D eigenvalue weighted by atomic mass is 10.1. The third kappa shape index (κ3) is 6.21. The van der Waals surface area contributed by atoms with Gasteiger partial charge in [-0.15, -0.1) is 0 Å². The Kier molecular flexibility index (Phi) is 7.92. The van der Waals surface area contributed by atoms with Gasteiger partial charge in [0.25, 0.3) is 5.91 Å². The van der Waals surface area contributed by atoms with Crippen molar-refractivity contribution in [2.75, 3.05) is 33.9 Å². The Labute approximate surface area is 184 Å². The summed E-state index contributed by atoms with van der Waals surface area (Å²) >= 11 is 0. The normalized spacial score (nSPS) is 14.4. The van der Waals surface area contributed by atoms with Crippen LogP contribution >= 0.6 is 0 Å². The molecule has 0 aliphatic carbocycles. The van der Waals surface area contributed by atoms with Crippen LogP contribution in [0.2, 0.25) is 0 Å². The molecule has 168 valence electrons. The van der Waals surface area contributed by atoms with Gasteiger partial charge >= 0.3 is 0 Å². The number of methoxy groups -OCH3 is 2. The van der Waals surface area contributed by atoms with Crippen molar-refractivity contribution in [3.05, 3.63) is 59.2 Å². The van der Waals surface area contributed by atoms with E-state index in [2.05, 4.69) is 5.32 Å². The third-order valence-corrected chi connectivity index (χ3v) is 7.25. The van der Waals surface area contributed by atoms with Gasteiger partial charge in [0, 0.05) is 25.2 Å². The van der Waals surface area contributed by atoms with Gasteiger partial charge in [0.05, 0.1) is 20.0 Å². The number of rotatable bonds is 10. The molecule has 8 heteroatoms. The number of hydrogen-bond donors (Lipinski definition) is 1. The molecule has 2 aromatic rings. The fraction of sp³-hybridized carbons (Fsp3) is 0.435. The Balaban J connectivity index is 1.46. The van der Waals surface area contributed by atoms with Crippen LogP contribution in [0.15, 0.2) is 42.5 Å². The van der Waals surface area contributed by atoms with Crippen LogP contribution in [0, 0.1) is 0 Å². The summed E-state index contributed by atoms with van der Waals surface area (Å²) in [5.74, 6) is 1.19. The molecule has 1 aliphatic rings. The van der Waals surface area contributed by atoms with Gasteiger partial charge in [0.15, 0.2) is 11.5 Å². The van der Waals surface area contributed by atoms with Gasteiger partial charge in [-0.2, -0.15) is 0 Å². The first-order valence-electron chi connectivity index (χ1n) is 10.5. The molecule has 1 heterocycles. The second-order valence-electron chi connectivity index (χ2n) is 7.61. The van der Waals surface area contributed by atoms with Crippen molar-refractivity contribution in [2.24, 2.45) is 0 Å². The zero-order valence-corrected chi connectivity index (χ0v) is 18.9. The number of nitrogens with zero attached hydrogens (tertiary/aromatic N) is 1. The molecule has 0 unspecified atom stereocenters. The van der Waals surface area contributed by atoms with Crippen molar-refractivity contribution in [3.8, 4) is 11.5 Å². The first kappa shape index (κ1) is 23.1. The van der Waals surface area contributed by atoms with E-state index in [-0.39, 0.29) is 11.7 Å². The van der Waals surface area contributed by atoms with Crippen molar-refractivity contribution < 1.29 is 22.7 Å². The molecule has 31 heavy (non-hydrogen) atoms. The van der Waals surface area contributed by atoms with Crippen molar-refractivity contribution in [1.29, 1.82) is 0 Å². The monoisotopic (exact) mass is 446 g/mol. The Morgan fingerprint density at radius 1 is 0.968 bits per heavy atom. The van der Waals surface area contributed by atoms with Gasteiger partial charge in [0.2, 0.25) is 10.0 Å². The van der Waals surface area contributed by atoms with Crippen LogP contribution in [0.25, 0.3) is 0 Å². The number of sulfonamides is 1. The number of nitrogens with one attached hydrogen (secondary N) is 1. The van der Waals surface area contributed by atoms with Gasteiger partial charge in [-0.25, -0.2) is 12.7 Å². The third-order valence-electron chi connectivity index (χ3n) is 5.40. The van der Waals surface area contributed by atoms with Crippen molar-refractivity contribution in [1.82, 2.24) is 9.62 Å². The highest BCUT2D eigenvalue weighted by molar-refractivity contribution is 7.88. The van der Waals surface area contributed by atoms with Gasteiger partial charge in [0.1, 0.15) is 0 Å². The largest absolute Gasteiger partial charge is 0.493 e. The maximum Gasteiger partial charge on any atom is 0.251 e. The van der Waals surface area contributed by atoms with E-state index in [4.69, 9.17) is 9.47 Å². The molecule has 1 aliphatic heterocycles. The van der Waals surface area contributed by atoms with E-state index in [1.807, 2.05) is 18.2 Å². The zero-order chi connectivity index (χ0) is 22.3. The summed E-state index contributed by atoms with van der Waals surface area (Å²) in [6, 6.07) is 12.6. The molecule has 0 spiro atoms. The minimum absolute atomic E-state index is 0.0276. The average molecular weight is 447 g/mol. The summed E-state index contributed by atoms with van der Waals surface area (Å²) in [5, 5.41) is 2.91. The second kappa shape index (κ2) is 10.6. The molecule has 1 amide bonds. The van der Waals surface area contributed by atoms with Crippen LogP contribution in [0.4, 0.5) is 0 Å². The SMILES string of the molecule is COc1ccc(CCCNC(=O)c2ccc(CS(=O)(=O)N3CCCC3)cc2)cc1OC. The number of ether oxygens (including phenoxy) is 2. The van der Waals surface area contributed by atoms with Crippen molar-refractivity contribution >= 4 is 15.9 Å². The van der Waals surface area contributed by atoms with E-state index in [0.29, 0.717) is 42.3 Å². The van der Waals surface area contributed by atoms with E-state index in [1.165, 1.54) is 0 Å². The summed E-state index contributed by atoms with van der Waals surface area (Å²) in [4.78, 5) is 12.4. The maximum absolute atomic E-state index is 12.4. The standard InChI is InChI=1S/C23H30N2O5S/c1-29-21-12-9-18(16-22(21)30-2)6-5-13-24-23(26)20-10-7-19(8-11-20)17-31(27,28)25-14-3-4-15-25/h7-12,16H,3-6,13-15,17H2,1-2H3,(H,24,26). The van der Waals surface area contributed by atoms with Crippen molar-refractivity contribution in [2.45, 2.75) is 31.4 Å². The lowest BCUT2D eigenvalue weighted by molar-refractivity contribution is 0.0953. The van der Waals surface area contributed by atoms with E-state index in [1.54, 1.807) is 42.8 Å². The molecular weight excluding hydrogens is 416 g/mol. The number of aryl methyl sites for hydroxylation is 1. The van der Waals surface area contributed by atoms with Crippen LogP contribution in [-0.4, -0.2) is 52.5 Å². The van der Waals surface area contributed by atoms with Crippen LogP contribution in [0.5, 0.6) is 11.5 Å². The van der Waals surface area contributed by atoms with Gasteiger partial charge in [-0.1, -0.05) is 18.2 Å². The summed E-state index contributed by atoms with van der Waals surface area (Å²) in [7, 11) is -0.0743. The van der Waals surface area contributed by atoms with Gasteiger partial charge < -0.3 is 14.8 Å². The molecule has 0 atom stereocenters. The molecule has 2 aromatic carbocycles. The first-order chi connectivity index (χ1) is 14.9. The fourth-order valence-corrected chi connectivity index (χ4v) is 5.26. The Morgan fingerprint density at radius 3 is 2.26 bits per heavy atom. The molecule has 1 saturated heterocycles. The van der Waals surface area contributed by atoms with E-state index in [0.717, 1.165) is 31.2 Å². The topological polar surface area (TPSA) is 84.9 Å². The van der Waals surface area contributed by atoms with Crippen LogP contribution in [0.3, 0.4) is 0 Å². The van der Waals surface area contributed by atoms with Gasteiger partial charge in [-0.05, 0) is 61.1 Å². The molecule has 0 bridgehead atoms. The maximum atomic E-state index is 12.4. The molecule has 1 fully saturated rings. The summed E-state index contributed by atoms with van der Waals surface area (Å²) in [6.07, 6.45) is 3.43. The minimum atomic E-state index is -3.28. The van der Waals surface area contributed by atoms with Crippen molar-refractivity contribution in [3.63, 3.8) is 0 Å². The highest BCUT2D eigenvalue weighted by Crippen LogP contribution is 2.27. The lowest BCUT2D eigenvalue weighted by Gasteiger charge is -2.15. The number of carbonyl (C=O) groups excluding carboxylic acids is 1. The first-order valence-corrected chi connectivity index (χ1v) is 12.1. The fourth-order valence-electron chi connectivity index (χ4n) is 3.65. The second-order valence-corrected chi connectivity index (χ2v) is 9.58. The average Bonchev–Trinajstić information content (AvgIpc) is 3.33. The Bertz CT molecular complexity index is 984. The molecule has 3 rings (SSSR count). The molecule has 7 nitrogen and oxygen atoms in total. The van der Waals surface area contributed by atoms with Crippen LogP contribution < -0.4 is 14.8 Å². The Morgan fingerprint density at radius 2 is 1.61 bits per heavy atom. The predicted octanol–water partition coefficient (Wildman–Crippen LogP) is 2.99. The summed E-state index contributed by atoms with van der Waals surface area (Å²) in [5.41, 5.74) is 2.32. The van der Waals surface area contributed by atoms with E-state index >= 15 is 0 Å². The highest BCUT2D eigenvalue weighted by atomic mass is 32.2. The number of carbonyl (C=O) groups is 1. The molecular formula is C23H30N2O5S. The Hall–Kier alpha value is -2.58. The molecule has 0 aromatic heterocycles. The minimum Gasteiger partial charge on any atom is -0.493 e. The molecule has 0 saturated carbocycles. The summed E-state index contributed by atoms with van der Waals surface area (Å²) in [6.45, 7) is 1.75.